The van der Waals surface area contributed by atoms with Crippen LogP contribution >= 0.6 is 0 Å². The third-order valence-electron chi connectivity index (χ3n) is 3.35. The van der Waals surface area contributed by atoms with E-state index in [4.69, 9.17) is 4.52 Å². The maximum absolute atomic E-state index is 11.9. The first kappa shape index (κ1) is 11.4. The van der Waals surface area contributed by atoms with E-state index in [-0.39, 0.29) is 23.8 Å². The van der Waals surface area contributed by atoms with Crippen LogP contribution in [0.4, 0.5) is 0 Å². The molecule has 2 N–H and O–H groups in total. The van der Waals surface area contributed by atoms with Crippen molar-refractivity contribution in [2.75, 3.05) is 6.54 Å². The summed E-state index contributed by atoms with van der Waals surface area (Å²) >= 11 is 0. The zero-order valence-electron chi connectivity index (χ0n) is 10.1. The number of hydrogen-bond acceptors (Lipinski definition) is 5. The summed E-state index contributed by atoms with van der Waals surface area (Å²) in [5, 5.41) is 9.90. The Morgan fingerprint density at radius 1 is 1.44 bits per heavy atom. The fraction of sp³-hybridized carbons (Fsp3) is 0.583. The first-order chi connectivity index (χ1) is 8.83. The fourth-order valence-corrected chi connectivity index (χ4v) is 2.35. The van der Waals surface area contributed by atoms with Crippen LogP contribution in [0.1, 0.15) is 48.2 Å². The van der Waals surface area contributed by atoms with Gasteiger partial charge in [0.25, 0.3) is 11.7 Å². The molecule has 0 radical (unpaired) electrons. The molecule has 6 heteroatoms. The quantitative estimate of drug-likeness (QED) is 0.778. The molecule has 0 bridgehead atoms. The predicted molar refractivity (Wildman–Crippen MR) is 63.9 cm³/mol. The van der Waals surface area contributed by atoms with Gasteiger partial charge >= 0.3 is 0 Å². The summed E-state index contributed by atoms with van der Waals surface area (Å²) < 4.78 is 5.13. The van der Waals surface area contributed by atoms with Crippen LogP contribution in [-0.4, -0.2) is 28.6 Å². The zero-order chi connectivity index (χ0) is 12.4. The van der Waals surface area contributed by atoms with Crippen molar-refractivity contribution in [1.82, 2.24) is 20.8 Å². The minimum Gasteiger partial charge on any atom is -0.346 e. The summed E-state index contributed by atoms with van der Waals surface area (Å²) in [4.78, 5) is 16.0. The maximum Gasteiger partial charge on any atom is 0.292 e. The number of amides is 1. The fourth-order valence-electron chi connectivity index (χ4n) is 2.35. The molecule has 6 nitrogen and oxygen atoms in total. The number of aromatic nitrogens is 2. The highest BCUT2D eigenvalue weighted by atomic mass is 16.5. The van der Waals surface area contributed by atoms with Gasteiger partial charge in [-0.1, -0.05) is 17.3 Å². The van der Waals surface area contributed by atoms with Crippen molar-refractivity contribution in [3.05, 3.63) is 23.9 Å². The zero-order valence-corrected chi connectivity index (χ0v) is 10.1. The standard InChI is InChI=1S/C12H16N4O2/c17-11(14-8-4-1-2-5-8)10-15-12(18-16-10)9-6-3-7-13-9/h1-2,8-9,13H,3-7H2,(H,14,17). The molecule has 96 valence electrons. The maximum atomic E-state index is 11.9. The molecule has 1 atom stereocenters. The summed E-state index contributed by atoms with van der Waals surface area (Å²) in [6, 6.07) is 0.274. The largest absolute Gasteiger partial charge is 0.346 e. The van der Waals surface area contributed by atoms with Crippen LogP contribution in [-0.2, 0) is 0 Å². The van der Waals surface area contributed by atoms with Gasteiger partial charge in [0, 0.05) is 6.04 Å². The van der Waals surface area contributed by atoms with Crippen LogP contribution in [0.15, 0.2) is 16.7 Å². The molecular formula is C12H16N4O2. The molecule has 1 fully saturated rings. The molecule has 2 aliphatic rings. The Kier molecular flexibility index (Phi) is 3.10. The Balaban J connectivity index is 1.62. The van der Waals surface area contributed by atoms with Gasteiger partial charge in [-0.25, -0.2) is 0 Å². The Bertz CT molecular complexity index is 454. The second-order valence-electron chi connectivity index (χ2n) is 4.72. The first-order valence-electron chi connectivity index (χ1n) is 6.36. The topological polar surface area (TPSA) is 80.0 Å². The molecule has 3 rings (SSSR count). The van der Waals surface area contributed by atoms with E-state index >= 15 is 0 Å². The molecule has 1 saturated heterocycles. The Morgan fingerprint density at radius 2 is 2.28 bits per heavy atom. The molecule has 1 amide bonds. The summed E-state index contributed by atoms with van der Waals surface area (Å²) in [6.45, 7) is 0.961. The number of carbonyl (C=O) groups excluding carboxylic acids is 1. The lowest BCUT2D eigenvalue weighted by Crippen LogP contribution is -2.33. The molecular weight excluding hydrogens is 232 g/mol. The lowest BCUT2D eigenvalue weighted by atomic mass is 10.2. The van der Waals surface area contributed by atoms with Crippen molar-refractivity contribution in [3.8, 4) is 0 Å². The third kappa shape index (κ3) is 2.28. The van der Waals surface area contributed by atoms with Crippen LogP contribution in [0.25, 0.3) is 0 Å². The summed E-state index contributed by atoms with van der Waals surface area (Å²) in [6.07, 6.45) is 7.96. The smallest absolute Gasteiger partial charge is 0.292 e. The van der Waals surface area contributed by atoms with Crippen molar-refractivity contribution in [1.29, 1.82) is 0 Å². The molecule has 0 saturated carbocycles. The molecule has 2 heterocycles. The monoisotopic (exact) mass is 248 g/mol. The third-order valence-corrected chi connectivity index (χ3v) is 3.35. The van der Waals surface area contributed by atoms with Gasteiger partial charge in [-0.3, -0.25) is 4.79 Å². The molecule has 1 aliphatic heterocycles. The lowest BCUT2D eigenvalue weighted by molar-refractivity contribution is 0.0925. The van der Waals surface area contributed by atoms with E-state index in [9.17, 15) is 4.79 Å². The number of carbonyl (C=O) groups is 1. The first-order valence-corrected chi connectivity index (χ1v) is 6.36. The normalized spacial score (nSPS) is 23.7. The van der Waals surface area contributed by atoms with Gasteiger partial charge < -0.3 is 15.2 Å². The van der Waals surface area contributed by atoms with Gasteiger partial charge in [-0.15, -0.1) is 0 Å². The summed E-state index contributed by atoms with van der Waals surface area (Å²) in [7, 11) is 0. The van der Waals surface area contributed by atoms with E-state index < -0.39 is 0 Å². The number of nitrogens with one attached hydrogen (secondary N) is 2. The molecule has 1 aromatic rings. The van der Waals surface area contributed by atoms with Crippen LogP contribution in [0.3, 0.4) is 0 Å². The molecule has 0 aromatic carbocycles. The average Bonchev–Trinajstić information content (AvgIpc) is 3.11. The second-order valence-corrected chi connectivity index (χ2v) is 4.72. The van der Waals surface area contributed by atoms with Crippen LogP contribution in [0.2, 0.25) is 0 Å². The molecule has 1 aliphatic carbocycles. The van der Waals surface area contributed by atoms with Gasteiger partial charge in [0.2, 0.25) is 5.89 Å². The van der Waals surface area contributed by atoms with E-state index in [0.717, 1.165) is 32.2 Å². The van der Waals surface area contributed by atoms with Crippen molar-refractivity contribution >= 4 is 5.91 Å². The predicted octanol–water partition coefficient (Wildman–Crippen LogP) is 0.942. The molecule has 18 heavy (non-hydrogen) atoms. The van der Waals surface area contributed by atoms with Gasteiger partial charge in [0.15, 0.2) is 0 Å². The Morgan fingerprint density at radius 3 is 3.00 bits per heavy atom. The van der Waals surface area contributed by atoms with Crippen molar-refractivity contribution in [2.24, 2.45) is 0 Å². The van der Waals surface area contributed by atoms with E-state index in [0.29, 0.717) is 5.89 Å². The van der Waals surface area contributed by atoms with Crippen molar-refractivity contribution in [2.45, 2.75) is 37.8 Å². The minimum absolute atomic E-state index is 0.104. The van der Waals surface area contributed by atoms with Crippen LogP contribution < -0.4 is 10.6 Å². The molecule has 0 spiro atoms. The lowest BCUT2D eigenvalue weighted by Gasteiger charge is -2.09. The number of rotatable bonds is 3. The van der Waals surface area contributed by atoms with Gasteiger partial charge in [0.1, 0.15) is 0 Å². The van der Waals surface area contributed by atoms with Gasteiger partial charge in [-0.2, -0.15) is 4.98 Å². The second kappa shape index (κ2) is 4.89. The van der Waals surface area contributed by atoms with E-state index in [2.05, 4.69) is 32.9 Å². The van der Waals surface area contributed by atoms with E-state index in [1.165, 1.54) is 0 Å². The average molecular weight is 248 g/mol. The molecule has 1 unspecified atom stereocenters. The van der Waals surface area contributed by atoms with Crippen molar-refractivity contribution < 1.29 is 9.32 Å². The molecule has 1 aromatic heterocycles. The Hall–Kier alpha value is -1.69. The summed E-state index contributed by atoms with van der Waals surface area (Å²) in [5.41, 5.74) is 0. The highest BCUT2D eigenvalue weighted by Gasteiger charge is 2.25. The van der Waals surface area contributed by atoms with E-state index in [1.54, 1.807) is 0 Å². The highest BCUT2D eigenvalue weighted by Crippen LogP contribution is 2.21. The van der Waals surface area contributed by atoms with Crippen LogP contribution in [0, 0.1) is 0 Å². The highest BCUT2D eigenvalue weighted by molar-refractivity contribution is 5.90. The van der Waals surface area contributed by atoms with Gasteiger partial charge in [-0.05, 0) is 32.2 Å². The number of nitrogens with zero attached hydrogens (tertiary/aromatic N) is 2. The number of hydrogen-bond donors (Lipinski definition) is 2. The van der Waals surface area contributed by atoms with Crippen molar-refractivity contribution in [3.63, 3.8) is 0 Å². The summed E-state index contributed by atoms with van der Waals surface area (Å²) in [5.74, 6) is 0.393. The minimum atomic E-state index is -0.253. The van der Waals surface area contributed by atoms with Crippen LogP contribution in [0.5, 0.6) is 0 Å². The Labute approximate surface area is 105 Å². The SMILES string of the molecule is O=C(NC1CC=CC1)c1noc(C2CCCN2)n1. The van der Waals surface area contributed by atoms with Gasteiger partial charge in [0.05, 0.1) is 6.04 Å². The van der Waals surface area contributed by atoms with E-state index in [1.807, 2.05) is 0 Å².